The van der Waals surface area contributed by atoms with Crippen molar-refractivity contribution in [3.05, 3.63) is 71.8 Å². The fraction of sp³-hybridized carbons (Fsp3) is 0.158. The van der Waals surface area contributed by atoms with E-state index in [1.54, 1.807) is 42.9 Å². The molecule has 0 atom stereocenters. The van der Waals surface area contributed by atoms with E-state index in [1.807, 2.05) is 12.1 Å². The topological polar surface area (TPSA) is 60.3 Å². The number of halogens is 1. The molecule has 0 amide bonds. The third kappa shape index (κ3) is 3.43. The Labute approximate surface area is 152 Å². The second-order valence-corrected chi connectivity index (χ2v) is 7.60. The van der Waals surface area contributed by atoms with Gasteiger partial charge in [-0.1, -0.05) is 0 Å². The van der Waals surface area contributed by atoms with Gasteiger partial charge in [-0.05, 0) is 67.4 Å². The molecule has 136 valence electrons. The van der Waals surface area contributed by atoms with Crippen LogP contribution in [0.15, 0.2) is 59.8 Å². The summed E-state index contributed by atoms with van der Waals surface area (Å²) in [6.45, 7) is 3.42. The van der Waals surface area contributed by atoms with E-state index in [0.717, 1.165) is 0 Å². The van der Waals surface area contributed by atoms with E-state index in [1.165, 1.54) is 25.3 Å². The lowest BCUT2D eigenvalue weighted by Crippen LogP contribution is -2.16. The summed E-state index contributed by atoms with van der Waals surface area (Å²) in [6, 6.07) is 11.1. The molecule has 3 rings (SSSR count). The first-order valence-electron chi connectivity index (χ1n) is 7.93. The molecule has 1 heterocycles. The van der Waals surface area contributed by atoms with E-state index >= 15 is 0 Å². The smallest absolute Gasteiger partial charge is 0.262 e. The van der Waals surface area contributed by atoms with Crippen molar-refractivity contribution in [2.45, 2.75) is 18.7 Å². The van der Waals surface area contributed by atoms with E-state index in [4.69, 9.17) is 4.74 Å². The summed E-state index contributed by atoms with van der Waals surface area (Å²) in [5.41, 5.74) is 1.74. The standard InChI is InChI=1S/C19H19FN2O3S/c1-13-11-19(14(2)10-18(13)25-3)26(23,24)21-17-12-15(6-7-16(17)20)22-8-4-5-9-22/h4-12,21H,1-3H3. The molecule has 1 N–H and O–H groups in total. The van der Waals surface area contributed by atoms with Gasteiger partial charge in [-0.25, -0.2) is 12.8 Å². The second kappa shape index (κ2) is 6.84. The zero-order chi connectivity index (χ0) is 18.9. The minimum absolute atomic E-state index is 0.0848. The molecule has 0 aliphatic carbocycles. The van der Waals surface area contributed by atoms with Gasteiger partial charge >= 0.3 is 0 Å². The van der Waals surface area contributed by atoms with Crippen LogP contribution >= 0.6 is 0 Å². The molecule has 0 spiro atoms. The minimum Gasteiger partial charge on any atom is -0.496 e. The van der Waals surface area contributed by atoms with Crippen molar-refractivity contribution in [2.24, 2.45) is 0 Å². The molecule has 0 unspecified atom stereocenters. The van der Waals surface area contributed by atoms with Crippen LogP contribution in [0.25, 0.3) is 5.69 Å². The number of aromatic nitrogens is 1. The number of methoxy groups -OCH3 is 1. The summed E-state index contributed by atoms with van der Waals surface area (Å²) >= 11 is 0. The van der Waals surface area contributed by atoms with Crippen LogP contribution in [0, 0.1) is 19.7 Å². The van der Waals surface area contributed by atoms with Gasteiger partial charge < -0.3 is 9.30 Å². The predicted molar refractivity (Wildman–Crippen MR) is 99.0 cm³/mol. The third-order valence-corrected chi connectivity index (χ3v) is 5.59. The van der Waals surface area contributed by atoms with Crippen LogP contribution < -0.4 is 9.46 Å². The summed E-state index contributed by atoms with van der Waals surface area (Å²) in [5, 5.41) is 0. The van der Waals surface area contributed by atoms with Crippen LogP contribution in [-0.4, -0.2) is 20.1 Å². The maximum Gasteiger partial charge on any atom is 0.262 e. The zero-order valence-electron chi connectivity index (χ0n) is 14.7. The molecule has 7 heteroatoms. The Hall–Kier alpha value is -2.80. The fourth-order valence-corrected chi connectivity index (χ4v) is 4.10. The molecule has 5 nitrogen and oxygen atoms in total. The van der Waals surface area contributed by atoms with Crippen LogP contribution in [0.5, 0.6) is 5.75 Å². The highest BCUT2D eigenvalue weighted by Crippen LogP contribution is 2.28. The Morgan fingerprint density at radius 3 is 2.38 bits per heavy atom. The van der Waals surface area contributed by atoms with Gasteiger partial charge in [0.15, 0.2) is 0 Å². The number of ether oxygens (including phenoxy) is 1. The van der Waals surface area contributed by atoms with E-state index in [2.05, 4.69) is 4.72 Å². The Bertz CT molecular complexity index is 1040. The molecule has 0 bridgehead atoms. The Kier molecular flexibility index (Phi) is 4.73. The van der Waals surface area contributed by atoms with Gasteiger partial charge in [0.1, 0.15) is 11.6 Å². The molecular formula is C19H19FN2O3S. The maximum absolute atomic E-state index is 14.2. The number of anilines is 1. The van der Waals surface area contributed by atoms with E-state index in [-0.39, 0.29) is 10.6 Å². The lowest BCUT2D eigenvalue weighted by Gasteiger charge is -2.14. The first-order valence-corrected chi connectivity index (χ1v) is 9.41. The molecule has 0 radical (unpaired) electrons. The van der Waals surface area contributed by atoms with E-state index in [0.29, 0.717) is 22.6 Å². The maximum atomic E-state index is 14.2. The molecule has 0 fully saturated rings. The van der Waals surface area contributed by atoms with Gasteiger partial charge in [0.2, 0.25) is 0 Å². The largest absolute Gasteiger partial charge is 0.496 e. The van der Waals surface area contributed by atoms with Crippen molar-refractivity contribution in [3.63, 3.8) is 0 Å². The molecule has 0 saturated heterocycles. The predicted octanol–water partition coefficient (Wildman–Crippen LogP) is 4.04. The third-order valence-electron chi connectivity index (χ3n) is 4.08. The fourth-order valence-electron chi connectivity index (χ4n) is 2.73. The number of benzene rings is 2. The highest BCUT2D eigenvalue weighted by Gasteiger charge is 2.20. The highest BCUT2D eigenvalue weighted by molar-refractivity contribution is 7.92. The molecule has 2 aromatic carbocycles. The first kappa shape index (κ1) is 18.0. The van der Waals surface area contributed by atoms with Gasteiger partial charge in [-0.2, -0.15) is 0 Å². The van der Waals surface area contributed by atoms with Gasteiger partial charge in [0, 0.05) is 18.1 Å². The van der Waals surface area contributed by atoms with Crippen LogP contribution in [-0.2, 0) is 10.0 Å². The molecular weight excluding hydrogens is 355 g/mol. The number of sulfonamides is 1. The molecule has 1 aromatic heterocycles. The molecule has 0 saturated carbocycles. The van der Waals surface area contributed by atoms with Crippen molar-refractivity contribution in [2.75, 3.05) is 11.8 Å². The number of hydrogen-bond donors (Lipinski definition) is 1. The lowest BCUT2D eigenvalue weighted by molar-refractivity contribution is 0.411. The summed E-state index contributed by atoms with van der Waals surface area (Å²) in [5.74, 6) is -0.0467. The van der Waals surface area contributed by atoms with Crippen LogP contribution in [0.2, 0.25) is 0 Å². The SMILES string of the molecule is COc1cc(C)c(S(=O)(=O)Nc2cc(-n3cccc3)ccc2F)cc1C. The summed E-state index contributed by atoms with van der Waals surface area (Å²) in [4.78, 5) is 0.0848. The molecule has 0 aliphatic heterocycles. The second-order valence-electron chi connectivity index (χ2n) is 5.95. The minimum atomic E-state index is -3.95. The van der Waals surface area contributed by atoms with Crippen LogP contribution in [0.1, 0.15) is 11.1 Å². The van der Waals surface area contributed by atoms with Crippen molar-refractivity contribution >= 4 is 15.7 Å². The highest BCUT2D eigenvalue weighted by atomic mass is 32.2. The quantitative estimate of drug-likeness (QED) is 0.733. The monoisotopic (exact) mass is 374 g/mol. The van der Waals surface area contributed by atoms with Gasteiger partial charge in [-0.3, -0.25) is 4.72 Å². The number of hydrogen-bond acceptors (Lipinski definition) is 3. The number of rotatable bonds is 5. The number of aryl methyl sites for hydroxylation is 2. The van der Waals surface area contributed by atoms with E-state index < -0.39 is 15.8 Å². The first-order chi connectivity index (χ1) is 12.3. The number of nitrogens with zero attached hydrogens (tertiary/aromatic N) is 1. The van der Waals surface area contributed by atoms with Crippen molar-refractivity contribution < 1.29 is 17.5 Å². The normalized spacial score (nSPS) is 11.4. The van der Waals surface area contributed by atoms with Crippen molar-refractivity contribution in [3.8, 4) is 11.4 Å². The average molecular weight is 374 g/mol. The van der Waals surface area contributed by atoms with Crippen molar-refractivity contribution in [1.29, 1.82) is 0 Å². The van der Waals surface area contributed by atoms with Gasteiger partial charge in [0.25, 0.3) is 10.0 Å². The Balaban J connectivity index is 2.00. The Morgan fingerprint density at radius 2 is 1.73 bits per heavy atom. The lowest BCUT2D eigenvalue weighted by atomic mass is 10.1. The van der Waals surface area contributed by atoms with Gasteiger partial charge in [0.05, 0.1) is 17.7 Å². The Morgan fingerprint density at radius 1 is 1.04 bits per heavy atom. The van der Waals surface area contributed by atoms with Crippen molar-refractivity contribution in [1.82, 2.24) is 4.57 Å². The van der Waals surface area contributed by atoms with Gasteiger partial charge in [-0.15, -0.1) is 0 Å². The molecule has 0 aliphatic rings. The van der Waals surface area contributed by atoms with Crippen LogP contribution in [0.3, 0.4) is 0 Å². The van der Waals surface area contributed by atoms with E-state index in [9.17, 15) is 12.8 Å². The molecule has 3 aromatic rings. The summed E-state index contributed by atoms with van der Waals surface area (Å²) in [6.07, 6.45) is 3.59. The summed E-state index contributed by atoms with van der Waals surface area (Å²) < 4.78 is 49.1. The average Bonchev–Trinajstić information content (AvgIpc) is 3.12. The number of nitrogens with one attached hydrogen (secondary N) is 1. The zero-order valence-corrected chi connectivity index (χ0v) is 15.5. The summed E-state index contributed by atoms with van der Waals surface area (Å²) in [7, 11) is -2.43. The molecule has 26 heavy (non-hydrogen) atoms. The van der Waals surface area contributed by atoms with Crippen LogP contribution in [0.4, 0.5) is 10.1 Å².